The van der Waals surface area contributed by atoms with E-state index in [1.165, 1.54) is 0 Å². The lowest BCUT2D eigenvalue weighted by Crippen LogP contribution is -2.63. The van der Waals surface area contributed by atoms with Crippen LogP contribution < -0.4 is 21.7 Å². The molecule has 66 valence electrons. The lowest BCUT2D eigenvalue weighted by molar-refractivity contribution is -0.135. The van der Waals surface area contributed by atoms with Crippen LogP contribution in [-0.4, -0.2) is 29.6 Å². The van der Waals surface area contributed by atoms with Gasteiger partial charge in [0.25, 0.3) is 0 Å². The number of hydrogen-bond donors (Lipinski definition) is 5. The zero-order chi connectivity index (χ0) is 8.97. The van der Waals surface area contributed by atoms with Gasteiger partial charge in [-0.2, -0.15) is 0 Å². The summed E-state index contributed by atoms with van der Waals surface area (Å²) in [6, 6.07) is -0.468. The molecule has 0 aromatic rings. The van der Waals surface area contributed by atoms with E-state index in [9.17, 15) is 9.59 Å². The van der Waals surface area contributed by atoms with Gasteiger partial charge in [0, 0.05) is 0 Å². The molecule has 0 radical (unpaired) electrons. The Morgan fingerprint density at radius 1 is 1.33 bits per heavy atom. The van der Waals surface area contributed by atoms with E-state index in [0.29, 0.717) is 0 Å². The fraction of sp³-hybridized carbons (Fsp3) is 0.250. The largest absolute Gasteiger partial charge is 0.480 e. The van der Waals surface area contributed by atoms with Crippen molar-refractivity contribution in [2.45, 2.75) is 0 Å². The molecule has 0 aromatic carbocycles. The number of carboxylic acid groups (broad SMARTS) is 1. The number of carbonyl (C=O) groups excluding carboxylic acids is 1. The predicted octanol–water partition coefficient (Wildman–Crippen LogP) is -2.25. The van der Waals surface area contributed by atoms with Crippen molar-refractivity contribution in [2.24, 2.45) is 4.99 Å². The van der Waals surface area contributed by atoms with Crippen molar-refractivity contribution in [2.75, 3.05) is 6.54 Å². The van der Waals surface area contributed by atoms with Crippen LogP contribution in [0.3, 0.4) is 0 Å². The van der Waals surface area contributed by atoms with Crippen molar-refractivity contribution in [3.05, 3.63) is 0 Å². The summed E-state index contributed by atoms with van der Waals surface area (Å²) in [4.78, 5) is 24.0. The molecule has 1 rings (SSSR count). The van der Waals surface area contributed by atoms with Crippen LogP contribution in [0, 0.1) is 0 Å². The summed E-state index contributed by atoms with van der Waals surface area (Å²) in [5.74, 6) is -0.903. The fourth-order valence-corrected chi connectivity index (χ4v) is 0.520. The van der Waals surface area contributed by atoms with Crippen molar-refractivity contribution >= 4 is 18.0 Å². The molecule has 0 spiro atoms. The zero-order valence-electron chi connectivity index (χ0n) is 5.92. The first-order chi connectivity index (χ1) is 5.68. The summed E-state index contributed by atoms with van der Waals surface area (Å²) in [5.41, 5.74) is 9.01. The first-order valence-electron chi connectivity index (χ1n) is 3.03. The second kappa shape index (κ2) is 3.42. The molecule has 0 atom stereocenters. The molecular formula is C4H7N5O3. The highest BCUT2D eigenvalue weighted by Gasteiger charge is 2.08. The molecule has 0 unspecified atom stereocenters. The molecule has 0 bridgehead atoms. The number of guanidine groups is 1. The van der Waals surface area contributed by atoms with Crippen molar-refractivity contribution in [1.82, 2.24) is 21.7 Å². The predicted molar refractivity (Wildman–Crippen MR) is 37.9 cm³/mol. The van der Waals surface area contributed by atoms with Gasteiger partial charge in [-0.15, -0.1) is 0 Å². The monoisotopic (exact) mass is 173 g/mol. The molecule has 5 N–H and O–H groups in total. The number of rotatable bonds is 2. The minimum absolute atomic E-state index is 0.150. The Labute approximate surface area is 67.0 Å². The minimum atomic E-state index is -1.05. The quantitative estimate of drug-likeness (QED) is 0.323. The van der Waals surface area contributed by atoms with Gasteiger partial charge in [0.15, 0.2) is 0 Å². The van der Waals surface area contributed by atoms with Crippen LogP contribution in [0.25, 0.3) is 0 Å². The van der Waals surface area contributed by atoms with E-state index in [1.54, 1.807) is 0 Å². The van der Waals surface area contributed by atoms with E-state index in [4.69, 9.17) is 5.11 Å². The van der Waals surface area contributed by atoms with E-state index in [0.717, 1.165) is 0 Å². The van der Waals surface area contributed by atoms with E-state index in [1.807, 2.05) is 0 Å². The maximum absolute atomic E-state index is 10.4. The Morgan fingerprint density at radius 3 is 2.42 bits per heavy atom. The topological polar surface area (TPSA) is 115 Å². The molecule has 1 aliphatic heterocycles. The molecule has 8 nitrogen and oxygen atoms in total. The van der Waals surface area contributed by atoms with Crippen LogP contribution in [0.1, 0.15) is 0 Å². The summed E-state index contributed by atoms with van der Waals surface area (Å²) in [5, 5.41) is 8.23. The number of carbonyl (C=O) groups is 2. The average molecular weight is 173 g/mol. The second-order valence-electron chi connectivity index (χ2n) is 1.89. The number of hydrogen-bond acceptors (Lipinski definition) is 3. The SMILES string of the molecule is O=C(O)CN=C1NNC(=O)NN1. The standard InChI is InChI=1S/C4H7N5O3/c10-2(11)1-5-3-6-8-4(12)9-7-3/h1H2,(H,10,11)(H2,5,6,7)(H2,8,9,12). The number of aliphatic carboxylic acids is 1. The Bertz CT molecular complexity index is 225. The van der Waals surface area contributed by atoms with E-state index < -0.39 is 12.0 Å². The summed E-state index contributed by atoms with van der Waals surface area (Å²) in [6.45, 7) is -0.368. The third-order valence-corrected chi connectivity index (χ3v) is 0.961. The molecule has 0 saturated carbocycles. The van der Waals surface area contributed by atoms with E-state index >= 15 is 0 Å². The van der Waals surface area contributed by atoms with Crippen molar-refractivity contribution in [1.29, 1.82) is 0 Å². The summed E-state index contributed by atoms with van der Waals surface area (Å²) < 4.78 is 0. The molecule has 0 aromatic heterocycles. The van der Waals surface area contributed by atoms with E-state index in [2.05, 4.69) is 26.7 Å². The summed E-state index contributed by atoms with van der Waals surface area (Å²) >= 11 is 0. The van der Waals surface area contributed by atoms with Crippen LogP contribution in [-0.2, 0) is 4.79 Å². The van der Waals surface area contributed by atoms with Gasteiger partial charge >= 0.3 is 12.0 Å². The van der Waals surface area contributed by atoms with Gasteiger partial charge in [-0.1, -0.05) is 0 Å². The average Bonchev–Trinajstić information content (AvgIpc) is 2.03. The Hall–Kier alpha value is -1.99. The summed E-state index contributed by atoms with van der Waals surface area (Å²) in [7, 11) is 0. The number of amides is 2. The van der Waals surface area contributed by atoms with Crippen LogP contribution >= 0.6 is 0 Å². The lowest BCUT2D eigenvalue weighted by Gasteiger charge is -2.18. The molecule has 1 heterocycles. The second-order valence-corrected chi connectivity index (χ2v) is 1.89. The van der Waals surface area contributed by atoms with Gasteiger partial charge in [0.2, 0.25) is 5.96 Å². The number of carboxylic acids is 1. The molecular weight excluding hydrogens is 166 g/mol. The Morgan fingerprint density at radius 2 is 1.92 bits per heavy atom. The molecule has 8 heteroatoms. The van der Waals surface area contributed by atoms with Crippen molar-refractivity contribution < 1.29 is 14.7 Å². The van der Waals surface area contributed by atoms with Gasteiger partial charge in [-0.25, -0.2) is 20.6 Å². The molecule has 12 heavy (non-hydrogen) atoms. The molecule has 1 fully saturated rings. The van der Waals surface area contributed by atoms with Crippen LogP contribution in [0.2, 0.25) is 0 Å². The third kappa shape index (κ3) is 2.33. The Kier molecular flexibility index (Phi) is 2.31. The Balaban J connectivity index is 2.38. The highest BCUT2D eigenvalue weighted by atomic mass is 16.4. The first kappa shape index (κ1) is 8.11. The summed E-state index contributed by atoms with van der Waals surface area (Å²) in [6.07, 6.45) is 0. The van der Waals surface area contributed by atoms with Crippen LogP contribution in [0.5, 0.6) is 0 Å². The van der Waals surface area contributed by atoms with Gasteiger partial charge in [-0.05, 0) is 0 Å². The molecule has 1 saturated heterocycles. The number of urea groups is 1. The minimum Gasteiger partial charge on any atom is -0.480 e. The zero-order valence-corrected chi connectivity index (χ0v) is 5.92. The number of aliphatic imine (C=N–C) groups is 1. The number of hydrazine groups is 2. The highest BCUT2D eigenvalue weighted by molar-refractivity contribution is 5.89. The maximum atomic E-state index is 10.4. The lowest BCUT2D eigenvalue weighted by atomic mass is 10.7. The van der Waals surface area contributed by atoms with Gasteiger partial charge in [-0.3, -0.25) is 15.6 Å². The van der Waals surface area contributed by atoms with Crippen LogP contribution in [0.4, 0.5) is 4.79 Å². The number of nitrogens with zero attached hydrogens (tertiary/aromatic N) is 1. The number of nitrogens with one attached hydrogen (secondary N) is 4. The van der Waals surface area contributed by atoms with Gasteiger partial charge in [0.05, 0.1) is 0 Å². The molecule has 2 amide bonds. The first-order valence-corrected chi connectivity index (χ1v) is 3.03. The normalized spacial score (nSPS) is 15.0. The highest BCUT2D eigenvalue weighted by Crippen LogP contribution is 1.74. The molecule has 1 aliphatic rings. The van der Waals surface area contributed by atoms with E-state index in [-0.39, 0.29) is 12.5 Å². The van der Waals surface area contributed by atoms with Crippen molar-refractivity contribution in [3.8, 4) is 0 Å². The third-order valence-electron chi connectivity index (χ3n) is 0.961. The fourth-order valence-electron chi connectivity index (χ4n) is 0.520. The maximum Gasteiger partial charge on any atom is 0.352 e. The van der Waals surface area contributed by atoms with Gasteiger partial charge in [0.1, 0.15) is 6.54 Å². The van der Waals surface area contributed by atoms with Crippen LogP contribution in [0.15, 0.2) is 4.99 Å². The smallest absolute Gasteiger partial charge is 0.352 e. The molecule has 0 aliphatic carbocycles. The van der Waals surface area contributed by atoms with Crippen molar-refractivity contribution in [3.63, 3.8) is 0 Å². The van der Waals surface area contributed by atoms with Gasteiger partial charge < -0.3 is 5.11 Å².